The molecule has 1 saturated heterocycles. The first-order valence-corrected chi connectivity index (χ1v) is 11.9. The number of thiophene rings is 1. The van der Waals surface area contributed by atoms with Crippen LogP contribution < -0.4 is 10.3 Å². The fraction of sp³-hybridized carbons (Fsp3) is 0.500. The van der Waals surface area contributed by atoms with Crippen LogP contribution in [0.4, 0.5) is 8.78 Å². The van der Waals surface area contributed by atoms with Gasteiger partial charge in [-0.1, -0.05) is 18.2 Å². The quantitative estimate of drug-likeness (QED) is 0.482. The maximum atomic E-state index is 13.9. The number of benzene rings is 1. The van der Waals surface area contributed by atoms with Gasteiger partial charge in [0.25, 0.3) is 11.5 Å². The lowest BCUT2D eigenvalue weighted by molar-refractivity contribution is 0.0174. The molecule has 3 aromatic rings. The first kappa shape index (κ1) is 22.4. The summed E-state index contributed by atoms with van der Waals surface area (Å²) in [5.41, 5.74) is 1.37. The van der Waals surface area contributed by atoms with E-state index in [1.807, 2.05) is 6.07 Å². The largest absolute Gasteiger partial charge is 0.489 e. The molecule has 33 heavy (non-hydrogen) atoms. The molecule has 1 aliphatic carbocycles. The van der Waals surface area contributed by atoms with E-state index in [4.69, 9.17) is 14.2 Å². The Bertz CT molecular complexity index is 1220. The second-order valence-electron chi connectivity index (χ2n) is 8.94. The first-order valence-electron chi connectivity index (χ1n) is 11.1. The number of rotatable bonds is 8. The van der Waals surface area contributed by atoms with E-state index >= 15 is 0 Å². The molecule has 2 aliphatic rings. The third-order valence-electron chi connectivity index (χ3n) is 6.06. The molecule has 9 heteroatoms. The lowest BCUT2D eigenvalue weighted by Crippen LogP contribution is -2.23. The van der Waals surface area contributed by atoms with E-state index in [-0.39, 0.29) is 30.6 Å². The van der Waals surface area contributed by atoms with Crippen molar-refractivity contribution in [2.75, 3.05) is 20.0 Å². The molecule has 0 radical (unpaired) electrons. The number of halogens is 2. The fourth-order valence-corrected chi connectivity index (χ4v) is 5.34. The summed E-state index contributed by atoms with van der Waals surface area (Å²) in [7, 11) is 1.65. The average Bonchev–Trinajstić information content (AvgIpc) is 3.29. The predicted octanol–water partition coefficient (Wildman–Crippen LogP) is 4.40. The van der Waals surface area contributed by atoms with Crippen molar-refractivity contribution in [2.24, 2.45) is 13.0 Å². The minimum atomic E-state index is -2.92. The molecular weight excluding hydrogens is 450 g/mol. The summed E-state index contributed by atoms with van der Waals surface area (Å²) >= 11 is 1.47. The Kier molecular flexibility index (Phi) is 5.96. The van der Waals surface area contributed by atoms with Crippen molar-refractivity contribution in [1.29, 1.82) is 0 Å². The number of ether oxygens (including phenoxy) is 3. The Balaban J connectivity index is 1.57. The van der Waals surface area contributed by atoms with Gasteiger partial charge in [-0.05, 0) is 36.8 Å². The minimum absolute atomic E-state index is 0.0351. The number of hydrogen-bond acceptors (Lipinski definition) is 6. The smallest absolute Gasteiger partial charge is 0.279 e. The number of nitrogens with zero attached hydrogens (tertiary/aromatic N) is 2. The molecule has 176 valence electrons. The van der Waals surface area contributed by atoms with E-state index in [0.29, 0.717) is 30.1 Å². The zero-order valence-electron chi connectivity index (χ0n) is 18.6. The topological polar surface area (TPSA) is 62.6 Å². The Morgan fingerprint density at radius 2 is 2.15 bits per heavy atom. The molecule has 0 bridgehead atoms. The van der Waals surface area contributed by atoms with Gasteiger partial charge in [0.05, 0.1) is 21.9 Å². The van der Waals surface area contributed by atoms with Gasteiger partial charge in [0.1, 0.15) is 30.6 Å². The molecule has 3 heterocycles. The Morgan fingerprint density at radius 1 is 1.33 bits per heavy atom. The van der Waals surface area contributed by atoms with Crippen molar-refractivity contribution in [3.63, 3.8) is 0 Å². The van der Waals surface area contributed by atoms with Crippen LogP contribution in [0.2, 0.25) is 0 Å². The number of alkyl halides is 2. The molecule has 2 aromatic heterocycles. The van der Waals surface area contributed by atoms with Gasteiger partial charge in [0.15, 0.2) is 0 Å². The van der Waals surface area contributed by atoms with E-state index in [2.05, 4.69) is 5.10 Å². The monoisotopic (exact) mass is 476 g/mol. The molecule has 1 unspecified atom stereocenters. The van der Waals surface area contributed by atoms with Gasteiger partial charge < -0.3 is 14.2 Å². The van der Waals surface area contributed by atoms with Gasteiger partial charge >= 0.3 is 0 Å². The van der Waals surface area contributed by atoms with Gasteiger partial charge in [0, 0.05) is 26.0 Å². The zero-order valence-corrected chi connectivity index (χ0v) is 19.4. The third kappa shape index (κ3) is 4.81. The molecule has 1 aromatic carbocycles. The van der Waals surface area contributed by atoms with Crippen molar-refractivity contribution < 1.29 is 23.0 Å². The molecular formula is C24H26F2N2O4S. The Hall–Kier alpha value is -2.36. The van der Waals surface area contributed by atoms with Crippen molar-refractivity contribution in [1.82, 2.24) is 9.78 Å². The summed E-state index contributed by atoms with van der Waals surface area (Å²) in [4.78, 5) is 13.9. The summed E-state index contributed by atoms with van der Waals surface area (Å²) in [6, 6.07) is 6.40. The van der Waals surface area contributed by atoms with Gasteiger partial charge in [-0.15, -0.1) is 11.3 Å². The summed E-state index contributed by atoms with van der Waals surface area (Å²) in [6.45, 7) is 1.79. The highest BCUT2D eigenvalue weighted by atomic mass is 32.1. The Morgan fingerprint density at radius 3 is 2.85 bits per heavy atom. The highest BCUT2D eigenvalue weighted by Crippen LogP contribution is 2.41. The van der Waals surface area contributed by atoms with Crippen LogP contribution in [-0.2, 0) is 35.3 Å². The van der Waals surface area contributed by atoms with Gasteiger partial charge in [-0.2, -0.15) is 5.10 Å². The van der Waals surface area contributed by atoms with E-state index < -0.39 is 5.92 Å². The molecule has 0 N–H and O–H groups in total. The lowest BCUT2D eigenvalue weighted by Gasteiger charge is -2.13. The Labute approximate surface area is 194 Å². The summed E-state index contributed by atoms with van der Waals surface area (Å²) in [5, 5.41) is 5.05. The third-order valence-corrected chi connectivity index (χ3v) is 7.28. The van der Waals surface area contributed by atoms with Gasteiger partial charge in [-0.25, -0.2) is 13.5 Å². The lowest BCUT2D eigenvalue weighted by atomic mass is 10.0. The summed E-state index contributed by atoms with van der Waals surface area (Å²) in [5.74, 6) is -1.83. The van der Waals surface area contributed by atoms with Crippen LogP contribution >= 0.6 is 11.3 Å². The van der Waals surface area contributed by atoms with E-state index in [1.165, 1.54) is 41.0 Å². The van der Waals surface area contributed by atoms with Crippen LogP contribution in [0.5, 0.6) is 5.75 Å². The molecule has 6 nitrogen and oxygen atoms in total. The molecule has 2 fully saturated rings. The number of fused-ring (bicyclic) bond motifs is 1. The normalized spacial score (nSPS) is 18.8. The molecule has 0 amide bonds. The second kappa shape index (κ2) is 8.77. The van der Waals surface area contributed by atoms with Crippen molar-refractivity contribution in [2.45, 2.75) is 44.6 Å². The van der Waals surface area contributed by atoms with Crippen molar-refractivity contribution >= 4 is 21.4 Å². The van der Waals surface area contributed by atoms with Crippen LogP contribution in [0.1, 0.15) is 41.5 Å². The van der Waals surface area contributed by atoms with E-state index in [1.54, 1.807) is 13.1 Å². The number of aromatic nitrogens is 2. The van der Waals surface area contributed by atoms with Crippen LogP contribution in [0.3, 0.4) is 0 Å². The highest BCUT2D eigenvalue weighted by molar-refractivity contribution is 7.19. The predicted molar refractivity (Wildman–Crippen MR) is 121 cm³/mol. The maximum absolute atomic E-state index is 13.9. The van der Waals surface area contributed by atoms with Crippen molar-refractivity contribution in [3.05, 3.63) is 56.3 Å². The second-order valence-corrected chi connectivity index (χ2v) is 10.0. The zero-order chi connectivity index (χ0) is 23.2. The van der Waals surface area contributed by atoms with Crippen LogP contribution in [0, 0.1) is 5.92 Å². The fourth-order valence-electron chi connectivity index (χ4n) is 4.08. The van der Waals surface area contributed by atoms with Crippen LogP contribution in [0.15, 0.2) is 29.1 Å². The highest BCUT2D eigenvalue weighted by Gasteiger charge is 2.29. The minimum Gasteiger partial charge on any atom is -0.489 e. The first-order chi connectivity index (χ1) is 15.8. The van der Waals surface area contributed by atoms with Crippen LogP contribution in [-0.4, -0.2) is 35.9 Å². The molecule has 1 atom stereocenters. The standard InChI is InChI=1S/C24H26F2N2O4S/c1-24(25,26)16-5-3-4-15(8-16)10-19-21(31-12-17-11-30-13-32-17)20-22(33-19)18(9-14-6-7-14)27-28(2)23(20)29/h3-5,8,14,17H,6-7,9-13H2,1-2H3. The molecule has 1 saturated carbocycles. The van der Waals surface area contributed by atoms with Crippen LogP contribution in [0.25, 0.3) is 10.1 Å². The summed E-state index contributed by atoms with van der Waals surface area (Å²) in [6.07, 6.45) is 3.33. The van der Waals surface area contributed by atoms with Gasteiger partial charge in [-0.3, -0.25) is 4.79 Å². The van der Waals surface area contributed by atoms with Gasteiger partial charge in [0.2, 0.25) is 0 Å². The van der Waals surface area contributed by atoms with Crippen molar-refractivity contribution in [3.8, 4) is 5.75 Å². The number of hydrogen-bond donors (Lipinski definition) is 0. The summed E-state index contributed by atoms with van der Waals surface area (Å²) < 4.78 is 46.9. The molecule has 0 spiro atoms. The SMILES string of the molecule is Cn1nc(CC2CC2)c2sc(Cc3cccc(C(C)(F)F)c3)c(OCC3COCO3)c2c1=O. The molecule has 5 rings (SSSR count). The van der Waals surface area contributed by atoms with E-state index in [9.17, 15) is 13.6 Å². The molecule has 1 aliphatic heterocycles. The average molecular weight is 477 g/mol. The van der Waals surface area contributed by atoms with E-state index in [0.717, 1.165) is 34.2 Å². The number of aryl methyl sites for hydroxylation is 1. The maximum Gasteiger partial charge on any atom is 0.279 e.